The fraction of sp³-hybridized carbons (Fsp3) is 0.371. The lowest BCUT2D eigenvalue weighted by atomic mass is 9.88. The fourth-order valence-electron chi connectivity index (χ4n) is 5.69. The Hall–Kier alpha value is -4.75. The van der Waals surface area contributed by atoms with Crippen molar-refractivity contribution in [3.8, 4) is 0 Å². The minimum absolute atomic E-state index is 0.0476. The van der Waals surface area contributed by atoms with Crippen molar-refractivity contribution in [1.29, 1.82) is 0 Å². The standard InChI is InChI=1S/C35H39F3N6O4/c1-22-15-23(2)44(43-22)14-13-40-35(46)48-21-28-20-47-29(17-41-28)11-12-30-32(38)18-39-19-33(30)42-34(45)16-31(24-3-7-26(36)8-4-24)25-5-9-27(37)10-6-25/h3-10,15,18-19,28-29,31,41H,11-14,16-17,20-21H2,1-2H3,(H,40,46)(H,42,45)/t28-,29+/m0/s1. The normalized spacial score (nSPS) is 16.1. The fourth-order valence-corrected chi connectivity index (χ4v) is 5.69. The Morgan fingerprint density at radius 2 is 1.73 bits per heavy atom. The number of nitrogens with zero attached hydrogens (tertiary/aromatic N) is 3. The van der Waals surface area contributed by atoms with Crippen LogP contribution in [0.3, 0.4) is 0 Å². The number of carbonyl (C=O) groups excluding carboxylic acids is 2. The molecule has 10 nitrogen and oxygen atoms in total. The third-order valence-corrected chi connectivity index (χ3v) is 8.21. The Labute approximate surface area is 277 Å². The molecule has 0 bridgehead atoms. The number of anilines is 1. The number of benzene rings is 2. The van der Waals surface area contributed by atoms with Gasteiger partial charge in [-0.2, -0.15) is 5.10 Å². The van der Waals surface area contributed by atoms with E-state index in [-0.39, 0.29) is 37.3 Å². The lowest BCUT2D eigenvalue weighted by molar-refractivity contribution is -0.116. The van der Waals surface area contributed by atoms with Gasteiger partial charge in [-0.3, -0.25) is 14.5 Å². The number of morpholine rings is 1. The van der Waals surface area contributed by atoms with Gasteiger partial charge in [-0.05, 0) is 68.1 Å². The zero-order chi connectivity index (χ0) is 34.0. The first-order chi connectivity index (χ1) is 23.1. The second-order valence-electron chi connectivity index (χ2n) is 11.8. The number of halogens is 3. The molecule has 254 valence electrons. The molecule has 48 heavy (non-hydrogen) atoms. The highest BCUT2D eigenvalue weighted by molar-refractivity contribution is 5.92. The molecular formula is C35H39F3N6O4. The second-order valence-corrected chi connectivity index (χ2v) is 11.8. The third kappa shape index (κ3) is 9.64. The van der Waals surface area contributed by atoms with Crippen molar-refractivity contribution in [3.05, 3.63) is 113 Å². The predicted octanol–water partition coefficient (Wildman–Crippen LogP) is 5.19. The van der Waals surface area contributed by atoms with E-state index < -0.39 is 35.4 Å². The number of nitrogens with one attached hydrogen (secondary N) is 3. The van der Waals surface area contributed by atoms with Crippen molar-refractivity contribution in [2.45, 2.75) is 57.7 Å². The largest absolute Gasteiger partial charge is 0.448 e. The molecule has 1 fully saturated rings. The summed E-state index contributed by atoms with van der Waals surface area (Å²) < 4.78 is 55.3. The average molecular weight is 665 g/mol. The Morgan fingerprint density at radius 1 is 1.04 bits per heavy atom. The van der Waals surface area contributed by atoms with Crippen molar-refractivity contribution in [3.63, 3.8) is 0 Å². The zero-order valence-electron chi connectivity index (χ0n) is 26.8. The predicted molar refractivity (Wildman–Crippen MR) is 173 cm³/mol. The van der Waals surface area contributed by atoms with Gasteiger partial charge in [0.1, 0.15) is 24.1 Å². The first kappa shape index (κ1) is 34.6. The van der Waals surface area contributed by atoms with E-state index in [2.05, 4.69) is 26.0 Å². The van der Waals surface area contributed by atoms with Crippen molar-refractivity contribution >= 4 is 17.7 Å². The Bertz CT molecular complexity index is 1630. The van der Waals surface area contributed by atoms with Crippen molar-refractivity contribution in [2.24, 2.45) is 0 Å². The van der Waals surface area contributed by atoms with Gasteiger partial charge in [0, 0.05) is 36.7 Å². The first-order valence-corrected chi connectivity index (χ1v) is 15.8. The summed E-state index contributed by atoms with van der Waals surface area (Å²) in [5.41, 5.74) is 3.83. The van der Waals surface area contributed by atoms with Gasteiger partial charge in [-0.25, -0.2) is 18.0 Å². The highest BCUT2D eigenvalue weighted by Gasteiger charge is 2.24. The van der Waals surface area contributed by atoms with E-state index in [1.807, 2.05) is 24.6 Å². The summed E-state index contributed by atoms with van der Waals surface area (Å²) in [5, 5.41) is 13.2. The lowest BCUT2D eigenvalue weighted by Crippen LogP contribution is -2.49. The summed E-state index contributed by atoms with van der Waals surface area (Å²) in [6.07, 6.45) is 2.43. The summed E-state index contributed by atoms with van der Waals surface area (Å²) in [6.45, 7) is 5.70. The van der Waals surface area contributed by atoms with Crippen LogP contribution in [-0.2, 0) is 27.2 Å². The zero-order valence-corrected chi connectivity index (χ0v) is 26.8. The minimum atomic E-state index is -0.555. The van der Waals surface area contributed by atoms with Crippen LogP contribution >= 0.6 is 0 Å². The second kappa shape index (κ2) is 16.4. The van der Waals surface area contributed by atoms with E-state index in [0.717, 1.165) is 17.6 Å². The molecule has 2 atom stereocenters. The van der Waals surface area contributed by atoms with Gasteiger partial charge in [0.05, 0.1) is 49.1 Å². The molecule has 2 amide bonds. The molecular weight excluding hydrogens is 625 g/mol. The van der Waals surface area contributed by atoms with E-state index in [0.29, 0.717) is 49.4 Å². The smallest absolute Gasteiger partial charge is 0.407 e. The molecule has 1 aliphatic heterocycles. The average Bonchev–Trinajstić information content (AvgIpc) is 3.39. The molecule has 1 saturated heterocycles. The molecule has 0 radical (unpaired) electrons. The summed E-state index contributed by atoms with van der Waals surface area (Å²) in [7, 11) is 0. The number of ether oxygens (including phenoxy) is 2. The van der Waals surface area contributed by atoms with Gasteiger partial charge < -0.3 is 25.4 Å². The maximum atomic E-state index is 15.0. The van der Waals surface area contributed by atoms with Gasteiger partial charge in [-0.15, -0.1) is 0 Å². The van der Waals surface area contributed by atoms with Gasteiger partial charge >= 0.3 is 6.09 Å². The molecule has 3 N–H and O–H groups in total. The molecule has 2 aromatic carbocycles. The van der Waals surface area contributed by atoms with E-state index >= 15 is 0 Å². The number of carbonyl (C=O) groups is 2. The van der Waals surface area contributed by atoms with Crippen LogP contribution in [0.4, 0.5) is 23.7 Å². The molecule has 0 unspecified atom stereocenters. The molecule has 0 aliphatic carbocycles. The van der Waals surface area contributed by atoms with Gasteiger partial charge in [0.15, 0.2) is 0 Å². The van der Waals surface area contributed by atoms with Crippen LogP contribution in [0.25, 0.3) is 0 Å². The van der Waals surface area contributed by atoms with Gasteiger partial charge in [0.25, 0.3) is 0 Å². The summed E-state index contributed by atoms with van der Waals surface area (Å²) in [4.78, 5) is 29.3. The van der Waals surface area contributed by atoms with Crippen LogP contribution < -0.4 is 16.0 Å². The van der Waals surface area contributed by atoms with Crippen LogP contribution in [0, 0.1) is 31.3 Å². The monoisotopic (exact) mass is 664 g/mol. The van der Waals surface area contributed by atoms with E-state index in [1.54, 1.807) is 24.3 Å². The molecule has 4 aromatic rings. The number of amides is 2. The third-order valence-electron chi connectivity index (χ3n) is 8.21. The van der Waals surface area contributed by atoms with Crippen LogP contribution in [0.5, 0.6) is 0 Å². The van der Waals surface area contributed by atoms with Crippen molar-refractivity contribution in [2.75, 3.05) is 31.6 Å². The maximum Gasteiger partial charge on any atom is 0.407 e. The van der Waals surface area contributed by atoms with Gasteiger partial charge in [-0.1, -0.05) is 24.3 Å². The topological polar surface area (TPSA) is 119 Å². The quantitative estimate of drug-likeness (QED) is 0.180. The lowest BCUT2D eigenvalue weighted by Gasteiger charge is -2.30. The summed E-state index contributed by atoms with van der Waals surface area (Å²) in [6, 6.07) is 13.3. The number of aromatic nitrogens is 3. The molecule has 1 aliphatic rings. The number of alkyl carbamates (subject to hydrolysis) is 1. The molecule has 0 spiro atoms. The van der Waals surface area contributed by atoms with Crippen LogP contribution in [-0.4, -0.2) is 65.2 Å². The maximum absolute atomic E-state index is 15.0. The molecule has 3 heterocycles. The molecule has 13 heteroatoms. The number of hydrogen-bond donors (Lipinski definition) is 3. The number of rotatable bonds is 13. The highest BCUT2D eigenvalue weighted by Crippen LogP contribution is 2.30. The molecule has 0 saturated carbocycles. The number of aryl methyl sites for hydroxylation is 2. The first-order valence-electron chi connectivity index (χ1n) is 15.8. The summed E-state index contributed by atoms with van der Waals surface area (Å²) in [5.74, 6) is -2.28. The van der Waals surface area contributed by atoms with E-state index in [1.165, 1.54) is 30.5 Å². The highest BCUT2D eigenvalue weighted by atomic mass is 19.1. The van der Waals surface area contributed by atoms with Crippen LogP contribution in [0.15, 0.2) is 67.0 Å². The van der Waals surface area contributed by atoms with Crippen molar-refractivity contribution in [1.82, 2.24) is 25.4 Å². The Kier molecular flexibility index (Phi) is 11.8. The molecule has 5 rings (SSSR count). The number of hydrogen-bond acceptors (Lipinski definition) is 7. The van der Waals surface area contributed by atoms with E-state index in [9.17, 15) is 22.8 Å². The van der Waals surface area contributed by atoms with Crippen LogP contribution in [0.1, 0.15) is 46.8 Å². The van der Waals surface area contributed by atoms with Gasteiger partial charge in [0.2, 0.25) is 5.91 Å². The summed E-state index contributed by atoms with van der Waals surface area (Å²) >= 11 is 0. The SMILES string of the molecule is Cc1cc(C)n(CCNC(=O)OC[C@@H]2CO[C@H](CCc3c(F)cncc3NC(=O)CC(c3ccc(F)cc3)c3ccc(F)cc3)CN2)n1. The minimum Gasteiger partial charge on any atom is -0.448 e. The molecule has 2 aromatic heterocycles. The Balaban J connectivity index is 1.09. The van der Waals surface area contributed by atoms with Crippen molar-refractivity contribution < 1.29 is 32.2 Å². The van der Waals surface area contributed by atoms with E-state index in [4.69, 9.17) is 9.47 Å². The van der Waals surface area contributed by atoms with Crippen LogP contribution in [0.2, 0.25) is 0 Å². The number of pyridine rings is 1. The Morgan fingerprint density at radius 3 is 2.33 bits per heavy atom.